The molecule has 0 saturated heterocycles. The third-order valence-corrected chi connectivity index (χ3v) is 4.98. The van der Waals surface area contributed by atoms with Gasteiger partial charge in [0.15, 0.2) is 11.7 Å². The lowest BCUT2D eigenvalue weighted by Crippen LogP contribution is -2.36. The first-order valence-corrected chi connectivity index (χ1v) is 9.79. The monoisotopic (exact) mass is 364 g/mol. The lowest BCUT2D eigenvalue weighted by Gasteiger charge is -2.25. The summed E-state index contributed by atoms with van der Waals surface area (Å²) in [6, 6.07) is 0. The molecule has 2 aromatic rings. The quantitative estimate of drug-likeness (QED) is 0.747. The van der Waals surface area contributed by atoms with Gasteiger partial charge in [-0.05, 0) is 19.3 Å². The molecule has 1 amide bonds. The molecule has 3 rings (SSSR count). The number of aromatic nitrogens is 3. The summed E-state index contributed by atoms with van der Waals surface area (Å²) in [6.45, 7) is 7.39. The maximum atomic E-state index is 12.4. The Bertz CT molecular complexity index is 725. The van der Waals surface area contributed by atoms with Crippen LogP contribution in [0.2, 0.25) is 0 Å². The SMILES string of the molecule is Cc1noc(CSCC(=O)N2CCc3oc(CCC(C)C)nc3C2)n1. The summed E-state index contributed by atoms with van der Waals surface area (Å²) >= 11 is 1.49. The number of thioether (sulfide) groups is 1. The number of oxazole rings is 1. The van der Waals surface area contributed by atoms with Crippen molar-refractivity contribution < 1.29 is 13.7 Å². The van der Waals surface area contributed by atoms with Crippen LogP contribution in [0.15, 0.2) is 8.94 Å². The molecule has 0 atom stereocenters. The zero-order chi connectivity index (χ0) is 17.8. The van der Waals surface area contributed by atoms with Crippen LogP contribution in [0.4, 0.5) is 0 Å². The topological polar surface area (TPSA) is 85.3 Å². The second kappa shape index (κ2) is 8.03. The summed E-state index contributed by atoms with van der Waals surface area (Å²) in [5.74, 6) is 4.60. The first kappa shape index (κ1) is 18.0. The van der Waals surface area contributed by atoms with Gasteiger partial charge in [-0.3, -0.25) is 4.79 Å². The third-order valence-electron chi connectivity index (χ3n) is 4.08. The molecular formula is C17H24N4O3S. The van der Waals surface area contributed by atoms with Crippen LogP contribution >= 0.6 is 11.8 Å². The fraction of sp³-hybridized carbons (Fsp3) is 0.647. The van der Waals surface area contributed by atoms with Crippen molar-refractivity contribution >= 4 is 17.7 Å². The molecule has 0 N–H and O–H groups in total. The summed E-state index contributed by atoms with van der Waals surface area (Å²) in [4.78, 5) is 23.0. The van der Waals surface area contributed by atoms with Crippen LogP contribution < -0.4 is 0 Å². The normalized spacial score (nSPS) is 14.2. The van der Waals surface area contributed by atoms with Crippen LogP contribution in [0.5, 0.6) is 0 Å². The molecule has 136 valence electrons. The lowest BCUT2D eigenvalue weighted by atomic mass is 10.1. The molecule has 0 aliphatic carbocycles. The van der Waals surface area contributed by atoms with Crippen LogP contribution in [0, 0.1) is 12.8 Å². The van der Waals surface area contributed by atoms with Gasteiger partial charge in [0.25, 0.3) is 0 Å². The number of hydrogen-bond donors (Lipinski definition) is 0. The second-order valence-electron chi connectivity index (χ2n) is 6.70. The molecule has 1 aliphatic rings. The number of nitrogens with zero attached hydrogens (tertiary/aromatic N) is 4. The van der Waals surface area contributed by atoms with Crippen molar-refractivity contribution in [1.29, 1.82) is 0 Å². The molecule has 3 heterocycles. The summed E-state index contributed by atoms with van der Waals surface area (Å²) < 4.78 is 10.9. The number of carbonyl (C=O) groups excluding carboxylic acids is 1. The fourth-order valence-electron chi connectivity index (χ4n) is 2.70. The third kappa shape index (κ3) is 4.84. The van der Waals surface area contributed by atoms with E-state index in [9.17, 15) is 4.79 Å². The average Bonchev–Trinajstić information content (AvgIpc) is 3.17. The van der Waals surface area contributed by atoms with E-state index in [1.807, 2.05) is 4.90 Å². The highest BCUT2D eigenvalue weighted by molar-refractivity contribution is 7.99. The van der Waals surface area contributed by atoms with Gasteiger partial charge in [0.2, 0.25) is 11.8 Å². The molecule has 0 radical (unpaired) electrons. The highest BCUT2D eigenvalue weighted by Gasteiger charge is 2.25. The second-order valence-corrected chi connectivity index (χ2v) is 7.69. The van der Waals surface area contributed by atoms with Crippen molar-refractivity contribution in [2.45, 2.75) is 52.3 Å². The number of aryl methyl sites for hydroxylation is 2. The molecule has 0 saturated carbocycles. The van der Waals surface area contributed by atoms with Gasteiger partial charge >= 0.3 is 0 Å². The number of carbonyl (C=O) groups is 1. The maximum absolute atomic E-state index is 12.4. The Morgan fingerprint density at radius 3 is 2.88 bits per heavy atom. The van der Waals surface area contributed by atoms with Crippen LogP contribution in [0.3, 0.4) is 0 Å². The van der Waals surface area contributed by atoms with E-state index in [4.69, 9.17) is 8.94 Å². The van der Waals surface area contributed by atoms with E-state index in [-0.39, 0.29) is 5.91 Å². The van der Waals surface area contributed by atoms with E-state index >= 15 is 0 Å². The van der Waals surface area contributed by atoms with E-state index in [1.54, 1.807) is 6.92 Å². The van der Waals surface area contributed by atoms with Gasteiger partial charge in [-0.2, -0.15) is 4.98 Å². The summed E-state index contributed by atoms with van der Waals surface area (Å²) in [7, 11) is 0. The molecule has 0 bridgehead atoms. The number of rotatable bonds is 7. The molecular weight excluding hydrogens is 340 g/mol. The molecule has 2 aromatic heterocycles. The van der Waals surface area contributed by atoms with E-state index in [2.05, 4.69) is 29.0 Å². The van der Waals surface area contributed by atoms with Gasteiger partial charge in [0, 0.05) is 19.4 Å². The zero-order valence-corrected chi connectivity index (χ0v) is 15.8. The van der Waals surface area contributed by atoms with Gasteiger partial charge in [-0.25, -0.2) is 4.98 Å². The largest absolute Gasteiger partial charge is 0.445 e. The van der Waals surface area contributed by atoms with E-state index in [1.165, 1.54) is 11.8 Å². The van der Waals surface area contributed by atoms with Crippen molar-refractivity contribution in [3.63, 3.8) is 0 Å². The summed E-state index contributed by atoms with van der Waals surface area (Å²) in [5, 5.41) is 3.74. The zero-order valence-electron chi connectivity index (χ0n) is 14.9. The van der Waals surface area contributed by atoms with E-state index < -0.39 is 0 Å². The van der Waals surface area contributed by atoms with Crippen LogP contribution in [0.1, 0.15) is 49.3 Å². The van der Waals surface area contributed by atoms with Gasteiger partial charge < -0.3 is 13.8 Å². The van der Waals surface area contributed by atoms with E-state index in [0.717, 1.165) is 36.6 Å². The maximum Gasteiger partial charge on any atom is 0.236 e. The predicted molar refractivity (Wildman–Crippen MR) is 94.0 cm³/mol. The van der Waals surface area contributed by atoms with Crippen LogP contribution in [0.25, 0.3) is 0 Å². The van der Waals surface area contributed by atoms with Gasteiger partial charge in [0.1, 0.15) is 11.5 Å². The molecule has 1 aliphatic heterocycles. The highest BCUT2D eigenvalue weighted by atomic mass is 32.2. The van der Waals surface area contributed by atoms with Crippen LogP contribution in [-0.4, -0.2) is 38.2 Å². The molecule has 7 nitrogen and oxygen atoms in total. The summed E-state index contributed by atoms with van der Waals surface area (Å²) in [6.07, 6.45) is 2.66. The Balaban J connectivity index is 1.48. The fourth-order valence-corrected chi connectivity index (χ4v) is 3.45. The van der Waals surface area contributed by atoms with Crippen molar-refractivity contribution in [3.05, 3.63) is 29.1 Å². The van der Waals surface area contributed by atoms with Gasteiger partial charge in [-0.1, -0.05) is 19.0 Å². The number of amides is 1. The standard InChI is InChI=1S/C17H24N4O3S/c1-11(2)4-5-15-19-13-8-21(7-6-14(13)23-15)17(22)10-25-9-16-18-12(3)20-24-16/h11H,4-10H2,1-3H3. The first-order chi connectivity index (χ1) is 12.0. The Kier molecular flexibility index (Phi) is 5.78. The molecule has 0 spiro atoms. The van der Waals surface area contributed by atoms with Gasteiger partial charge in [-0.15, -0.1) is 11.8 Å². The minimum Gasteiger partial charge on any atom is -0.445 e. The molecule has 25 heavy (non-hydrogen) atoms. The predicted octanol–water partition coefficient (Wildman–Crippen LogP) is 2.77. The Labute approximate surface area is 151 Å². The number of hydrogen-bond acceptors (Lipinski definition) is 7. The highest BCUT2D eigenvalue weighted by Crippen LogP contribution is 2.22. The Morgan fingerprint density at radius 1 is 1.32 bits per heavy atom. The molecule has 8 heteroatoms. The van der Waals surface area contributed by atoms with Crippen molar-refractivity contribution in [2.24, 2.45) is 5.92 Å². The lowest BCUT2D eigenvalue weighted by molar-refractivity contribution is -0.129. The summed E-state index contributed by atoms with van der Waals surface area (Å²) in [5.41, 5.74) is 0.913. The molecule has 0 unspecified atom stereocenters. The Morgan fingerprint density at radius 2 is 2.16 bits per heavy atom. The van der Waals surface area contributed by atoms with E-state index in [0.29, 0.717) is 42.2 Å². The van der Waals surface area contributed by atoms with Crippen molar-refractivity contribution in [1.82, 2.24) is 20.0 Å². The number of fused-ring (bicyclic) bond motifs is 1. The van der Waals surface area contributed by atoms with Crippen molar-refractivity contribution in [2.75, 3.05) is 12.3 Å². The average molecular weight is 364 g/mol. The first-order valence-electron chi connectivity index (χ1n) is 8.63. The smallest absolute Gasteiger partial charge is 0.236 e. The Hall–Kier alpha value is -1.83. The van der Waals surface area contributed by atoms with Crippen LogP contribution in [-0.2, 0) is 29.9 Å². The molecule has 0 fully saturated rings. The van der Waals surface area contributed by atoms with Gasteiger partial charge in [0.05, 0.1) is 18.1 Å². The minimum absolute atomic E-state index is 0.110. The molecule has 0 aromatic carbocycles. The minimum atomic E-state index is 0.110. The van der Waals surface area contributed by atoms with Crippen molar-refractivity contribution in [3.8, 4) is 0 Å².